The van der Waals surface area contributed by atoms with Crippen LogP contribution in [0.1, 0.15) is 67.3 Å². The van der Waals surface area contributed by atoms with Crippen molar-refractivity contribution in [3.8, 4) is 0 Å². The Kier molecular flexibility index (Phi) is 4.75. The highest BCUT2D eigenvalue weighted by molar-refractivity contribution is 6.07. The van der Waals surface area contributed by atoms with Crippen molar-refractivity contribution < 1.29 is 19.4 Å². The van der Waals surface area contributed by atoms with E-state index in [2.05, 4.69) is 31.0 Å². The number of ketones is 1. The second-order valence-corrected chi connectivity index (χ2v) is 9.61. The molecule has 0 amide bonds. The van der Waals surface area contributed by atoms with Crippen LogP contribution < -0.4 is 5.56 Å². The molecule has 6 nitrogen and oxygen atoms in total. The lowest BCUT2D eigenvalue weighted by Crippen LogP contribution is -2.40. The maximum Gasteiger partial charge on any atom is 0.262 e. The van der Waals surface area contributed by atoms with Crippen molar-refractivity contribution in [3.63, 3.8) is 0 Å². The number of hydrogen-bond acceptors (Lipinski definition) is 5. The number of nitrogens with one attached hydrogen (secondary N) is 1. The Hall–Kier alpha value is -2.18. The van der Waals surface area contributed by atoms with E-state index in [0.717, 1.165) is 24.8 Å². The van der Waals surface area contributed by atoms with Gasteiger partial charge in [-0.2, -0.15) is 0 Å². The van der Waals surface area contributed by atoms with Gasteiger partial charge in [-0.25, -0.2) is 0 Å². The SMILES string of the molecule is CC1CCC2C(C=CC(C)C2C(=O)c2c(=O)[nH]cc3c4c(oc23)C(O)C(O)CC4)C1. The molecular weight excluding hydrogens is 382 g/mol. The summed E-state index contributed by atoms with van der Waals surface area (Å²) in [6, 6.07) is 0. The molecule has 2 aromatic rings. The van der Waals surface area contributed by atoms with E-state index in [9.17, 15) is 19.8 Å². The van der Waals surface area contributed by atoms with Gasteiger partial charge in [0.25, 0.3) is 5.56 Å². The number of carbonyl (C=O) groups is 1. The number of H-pyrrole nitrogens is 1. The molecule has 5 rings (SSSR count). The molecule has 0 aliphatic heterocycles. The number of fused-ring (bicyclic) bond motifs is 4. The molecular formula is C24H29NO5. The van der Waals surface area contributed by atoms with E-state index in [0.29, 0.717) is 30.1 Å². The molecule has 0 spiro atoms. The maximum absolute atomic E-state index is 13.8. The van der Waals surface area contributed by atoms with Crippen LogP contribution in [-0.4, -0.2) is 27.1 Å². The summed E-state index contributed by atoms with van der Waals surface area (Å²) in [5.74, 6) is 1.17. The van der Waals surface area contributed by atoms with Crippen LogP contribution in [0.15, 0.2) is 27.6 Å². The van der Waals surface area contributed by atoms with Crippen molar-refractivity contribution in [3.05, 3.63) is 45.6 Å². The number of aryl methyl sites for hydroxylation is 1. The van der Waals surface area contributed by atoms with Gasteiger partial charge in [0.15, 0.2) is 11.4 Å². The van der Waals surface area contributed by atoms with Gasteiger partial charge in [-0.3, -0.25) is 9.59 Å². The standard InChI is InChI=1S/C24H29NO5/c1-11-3-6-14-13(9-11)5-4-12(2)18(14)21(28)19-22-16(10-25-24(19)29)15-7-8-17(26)20(27)23(15)30-22/h4-5,10-14,17-18,20,26-27H,3,6-9H2,1-2H3,(H,25,29). The Morgan fingerprint density at radius 1 is 1.17 bits per heavy atom. The van der Waals surface area contributed by atoms with Crippen molar-refractivity contribution in [2.45, 2.75) is 58.2 Å². The average Bonchev–Trinajstić information content (AvgIpc) is 3.09. The van der Waals surface area contributed by atoms with Gasteiger partial charge >= 0.3 is 0 Å². The number of hydrogen-bond donors (Lipinski definition) is 3. The molecule has 0 radical (unpaired) electrons. The van der Waals surface area contributed by atoms with Crippen molar-refractivity contribution in [1.29, 1.82) is 0 Å². The van der Waals surface area contributed by atoms with Gasteiger partial charge in [-0.15, -0.1) is 0 Å². The molecule has 2 heterocycles. The number of aromatic amines is 1. The molecule has 0 bridgehead atoms. The van der Waals surface area contributed by atoms with Gasteiger partial charge in [-0.05, 0) is 49.4 Å². The largest absolute Gasteiger partial charge is 0.457 e. The van der Waals surface area contributed by atoms with Crippen LogP contribution in [0.25, 0.3) is 11.0 Å². The predicted octanol–water partition coefficient (Wildman–Crippen LogP) is 3.52. The van der Waals surface area contributed by atoms with Gasteiger partial charge in [0, 0.05) is 23.1 Å². The lowest BCUT2D eigenvalue weighted by Gasteiger charge is -2.42. The summed E-state index contributed by atoms with van der Waals surface area (Å²) < 4.78 is 5.92. The number of furan rings is 1. The zero-order chi connectivity index (χ0) is 21.2. The predicted molar refractivity (Wildman–Crippen MR) is 112 cm³/mol. The van der Waals surface area contributed by atoms with E-state index in [1.54, 1.807) is 6.20 Å². The van der Waals surface area contributed by atoms with Crippen molar-refractivity contribution in [2.75, 3.05) is 0 Å². The number of allylic oxidation sites excluding steroid dienone is 2. The van der Waals surface area contributed by atoms with E-state index in [4.69, 9.17) is 4.42 Å². The second-order valence-electron chi connectivity index (χ2n) is 9.61. The molecule has 0 saturated heterocycles. The first kappa shape index (κ1) is 19.8. The summed E-state index contributed by atoms with van der Waals surface area (Å²) in [4.78, 5) is 29.4. The summed E-state index contributed by atoms with van der Waals surface area (Å²) in [6.45, 7) is 4.31. The zero-order valence-electron chi connectivity index (χ0n) is 17.4. The normalized spacial score (nSPS) is 35.8. The third kappa shape index (κ3) is 2.92. The highest BCUT2D eigenvalue weighted by Crippen LogP contribution is 2.46. The Labute approximate surface area is 175 Å². The highest BCUT2D eigenvalue weighted by Gasteiger charge is 2.43. The fourth-order valence-electron chi connectivity index (χ4n) is 6.04. The van der Waals surface area contributed by atoms with Crippen molar-refractivity contribution in [1.82, 2.24) is 4.98 Å². The minimum atomic E-state index is -1.14. The molecule has 7 unspecified atom stereocenters. The number of rotatable bonds is 2. The highest BCUT2D eigenvalue weighted by atomic mass is 16.4. The Morgan fingerprint density at radius 3 is 2.77 bits per heavy atom. The van der Waals surface area contributed by atoms with Gasteiger partial charge in [0.1, 0.15) is 17.4 Å². The quantitative estimate of drug-likeness (QED) is 0.518. The lowest BCUT2D eigenvalue weighted by molar-refractivity contribution is -0.00584. The molecule has 1 fully saturated rings. The Morgan fingerprint density at radius 2 is 1.97 bits per heavy atom. The van der Waals surface area contributed by atoms with Gasteiger partial charge < -0.3 is 19.6 Å². The number of aromatic nitrogens is 1. The first-order chi connectivity index (χ1) is 14.4. The molecule has 7 atom stereocenters. The first-order valence-electron chi connectivity index (χ1n) is 11.1. The summed E-state index contributed by atoms with van der Waals surface area (Å²) >= 11 is 0. The van der Waals surface area contributed by atoms with Crippen LogP contribution in [0.2, 0.25) is 0 Å². The van der Waals surface area contributed by atoms with Crippen LogP contribution in [0, 0.1) is 29.6 Å². The van der Waals surface area contributed by atoms with E-state index >= 15 is 0 Å². The molecule has 160 valence electrons. The van der Waals surface area contributed by atoms with E-state index < -0.39 is 17.8 Å². The Balaban J connectivity index is 1.61. The summed E-state index contributed by atoms with van der Waals surface area (Å²) in [5, 5.41) is 21.1. The Bertz CT molecular complexity index is 1080. The number of aliphatic hydroxyl groups excluding tert-OH is 2. The molecule has 0 aromatic carbocycles. The fourth-order valence-corrected chi connectivity index (χ4v) is 6.04. The molecule has 3 aliphatic carbocycles. The van der Waals surface area contributed by atoms with Gasteiger partial charge in [0.05, 0.1) is 6.10 Å². The third-order valence-corrected chi connectivity index (χ3v) is 7.66. The van der Waals surface area contributed by atoms with E-state index in [1.807, 2.05) is 0 Å². The minimum absolute atomic E-state index is 0.0545. The number of pyridine rings is 1. The van der Waals surface area contributed by atoms with Crippen molar-refractivity contribution in [2.24, 2.45) is 29.6 Å². The second kappa shape index (κ2) is 7.20. The van der Waals surface area contributed by atoms with Crippen molar-refractivity contribution >= 4 is 16.8 Å². The van der Waals surface area contributed by atoms with Crippen LogP contribution in [0.3, 0.4) is 0 Å². The summed E-state index contributed by atoms with van der Waals surface area (Å²) in [7, 11) is 0. The summed E-state index contributed by atoms with van der Waals surface area (Å²) in [6.07, 6.45) is 8.04. The monoisotopic (exact) mass is 411 g/mol. The maximum atomic E-state index is 13.8. The molecule has 30 heavy (non-hydrogen) atoms. The molecule has 2 aromatic heterocycles. The summed E-state index contributed by atoms with van der Waals surface area (Å²) in [5.41, 5.74) is 0.641. The van der Waals surface area contributed by atoms with E-state index in [1.165, 1.54) is 0 Å². The lowest BCUT2D eigenvalue weighted by atomic mass is 9.61. The molecule has 1 saturated carbocycles. The topological polar surface area (TPSA) is 104 Å². The van der Waals surface area contributed by atoms with Crippen LogP contribution in [-0.2, 0) is 6.42 Å². The van der Waals surface area contributed by atoms with Crippen LogP contribution in [0.4, 0.5) is 0 Å². The fraction of sp³-hybridized carbons (Fsp3) is 0.583. The smallest absolute Gasteiger partial charge is 0.262 e. The van der Waals surface area contributed by atoms with E-state index in [-0.39, 0.29) is 40.4 Å². The average molecular weight is 411 g/mol. The third-order valence-electron chi connectivity index (χ3n) is 7.66. The minimum Gasteiger partial charge on any atom is -0.457 e. The number of aliphatic hydroxyl groups is 2. The molecule has 3 N–H and O–H groups in total. The number of carbonyl (C=O) groups excluding carboxylic acids is 1. The van der Waals surface area contributed by atoms with Crippen LogP contribution >= 0.6 is 0 Å². The van der Waals surface area contributed by atoms with Gasteiger partial charge in [0.2, 0.25) is 0 Å². The zero-order valence-corrected chi connectivity index (χ0v) is 17.4. The molecule has 3 aliphatic rings. The number of Topliss-reactive ketones (excluding diaryl/α,β-unsaturated/α-hetero) is 1. The van der Waals surface area contributed by atoms with Crippen LogP contribution in [0.5, 0.6) is 0 Å². The first-order valence-corrected chi connectivity index (χ1v) is 11.1. The van der Waals surface area contributed by atoms with Gasteiger partial charge in [-0.1, -0.05) is 32.4 Å². The molecule has 6 heteroatoms.